The van der Waals surface area contributed by atoms with Crippen molar-refractivity contribution in [1.82, 2.24) is 14.9 Å². The zero-order valence-corrected chi connectivity index (χ0v) is 19.3. The summed E-state index contributed by atoms with van der Waals surface area (Å²) in [5, 5.41) is 10.4. The molecule has 1 aliphatic rings. The van der Waals surface area contributed by atoms with E-state index in [4.69, 9.17) is 15.9 Å². The molecule has 0 bridgehead atoms. The summed E-state index contributed by atoms with van der Waals surface area (Å²) in [7, 11) is 1.96. The molecule has 1 aromatic carbocycles. The summed E-state index contributed by atoms with van der Waals surface area (Å²) >= 11 is 0. The van der Waals surface area contributed by atoms with Gasteiger partial charge >= 0.3 is 6.09 Å². The van der Waals surface area contributed by atoms with Gasteiger partial charge in [-0.05, 0) is 42.9 Å². The number of ether oxygens (including phenoxy) is 1. The molecule has 1 amide bonds. The molecule has 0 radical (unpaired) electrons. The summed E-state index contributed by atoms with van der Waals surface area (Å²) in [6, 6.07) is 6.07. The van der Waals surface area contributed by atoms with Gasteiger partial charge in [-0.25, -0.2) is 19.2 Å². The van der Waals surface area contributed by atoms with E-state index in [1.807, 2.05) is 25.8 Å². The number of rotatable bonds is 8. The van der Waals surface area contributed by atoms with Gasteiger partial charge in [-0.15, -0.1) is 0 Å². The number of likely N-dealkylation sites (tertiary alicyclic amines) is 1. The van der Waals surface area contributed by atoms with E-state index in [9.17, 15) is 9.18 Å². The largest absolute Gasteiger partial charge is 0.449 e. The molecule has 33 heavy (non-hydrogen) atoms. The number of benzene rings is 1. The van der Waals surface area contributed by atoms with Gasteiger partial charge in [0.1, 0.15) is 29.6 Å². The molecule has 9 nitrogen and oxygen atoms in total. The first-order valence-electron chi connectivity index (χ1n) is 11.1. The highest BCUT2D eigenvalue weighted by molar-refractivity contribution is 5.95. The van der Waals surface area contributed by atoms with Crippen molar-refractivity contribution in [3.05, 3.63) is 42.0 Å². The Hall–Kier alpha value is -3.43. The van der Waals surface area contributed by atoms with Crippen molar-refractivity contribution in [2.75, 3.05) is 43.5 Å². The van der Waals surface area contributed by atoms with Crippen LogP contribution in [0.25, 0.3) is 0 Å². The maximum Gasteiger partial charge on any atom is 0.409 e. The SMILES string of the molecule is CC(C)COC(=O)N1CCC(CN(C)c2cc(Nc3ccc(C(=N)N)cc3F)ncn2)CC1. The Morgan fingerprint density at radius 3 is 2.70 bits per heavy atom. The molecule has 0 aliphatic carbocycles. The summed E-state index contributed by atoms with van der Waals surface area (Å²) in [4.78, 5) is 24.5. The predicted octanol–water partition coefficient (Wildman–Crippen LogP) is 3.58. The van der Waals surface area contributed by atoms with Gasteiger partial charge in [0.05, 0.1) is 12.3 Å². The number of aromatic nitrogens is 2. The first-order chi connectivity index (χ1) is 15.7. The van der Waals surface area contributed by atoms with Crippen LogP contribution in [0, 0.1) is 23.1 Å². The van der Waals surface area contributed by atoms with Crippen molar-refractivity contribution in [3.8, 4) is 0 Å². The fourth-order valence-corrected chi connectivity index (χ4v) is 3.65. The molecule has 0 atom stereocenters. The van der Waals surface area contributed by atoms with Crippen LogP contribution in [0.5, 0.6) is 0 Å². The van der Waals surface area contributed by atoms with Gasteiger partial charge in [-0.1, -0.05) is 13.8 Å². The third kappa shape index (κ3) is 6.77. The first-order valence-corrected chi connectivity index (χ1v) is 11.1. The van der Waals surface area contributed by atoms with E-state index < -0.39 is 5.82 Å². The number of carbonyl (C=O) groups excluding carboxylic acids is 1. The quantitative estimate of drug-likeness (QED) is 0.409. The highest BCUT2D eigenvalue weighted by Crippen LogP contribution is 2.24. The molecule has 4 N–H and O–H groups in total. The van der Waals surface area contributed by atoms with Crippen LogP contribution in [0.3, 0.4) is 0 Å². The van der Waals surface area contributed by atoms with Crippen LogP contribution in [-0.2, 0) is 4.74 Å². The van der Waals surface area contributed by atoms with E-state index in [1.54, 1.807) is 17.0 Å². The van der Waals surface area contributed by atoms with E-state index in [2.05, 4.69) is 15.3 Å². The smallest absolute Gasteiger partial charge is 0.409 e. The van der Waals surface area contributed by atoms with Gasteiger partial charge in [0.2, 0.25) is 0 Å². The molecule has 10 heteroatoms. The summed E-state index contributed by atoms with van der Waals surface area (Å²) in [6.45, 7) is 6.63. The molecule has 3 rings (SSSR count). The fourth-order valence-electron chi connectivity index (χ4n) is 3.65. The molecule has 2 aromatic rings. The second-order valence-electron chi connectivity index (χ2n) is 8.78. The van der Waals surface area contributed by atoms with Crippen LogP contribution in [0.1, 0.15) is 32.3 Å². The summed E-state index contributed by atoms with van der Waals surface area (Å²) in [5.74, 6) is 1.21. The average Bonchev–Trinajstić information content (AvgIpc) is 2.79. The van der Waals surface area contributed by atoms with Crippen LogP contribution in [0.4, 0.5) is 26.5 Å². The van der Waals surface area contributed by atoms with Crippen molar-refractivity contribution in [3.63, 3.8) is 0 Å². The predicted molar refractivity (Wildman–Crippen MR) is 126 cm³/mol. The van der Waals surface area contributed by atoms with Crippen LogP contribution in [0.2, 0.25) is 0 Å². The number of piperidine rings is 1. The Kier molecular flexibility index (Phi) is 8.02. The minimum Gasteiger partial charge on any atom is -0.449 e. The highest BCUT2D eigenvalue weighted by Gasteiger charge is 2.25. The van der Waals surface area contributed by atoms with Gasteiger partial charge < -0.3 is 25.6 Å². The zero-order valence-electron chi connectivity index (χ0n) is 19.3. The number of nitrogen functional groups attached to an aromatic ring is 1. The number of nitrogens with two attached hydrogens (primary N) is 1. The lowest BCUT2D eigenvalue weighted by Gasteiger charge is -2.33. The number of hydrogen-bond donors (Lipinski definition) is 3. The van der Waals surface area contributed by atoms with Crippen molar-refractivity contribution in [2.45, 2.75) is 26.7 Å². The third-order valence-electron chi connectivity index (χ3n) is 5.53. The molecular formula is C23H32FN7O2. The number of hydrogen-bond acceptors (Lipinski definition) is 7. The minimum atomic E-state index is -0.519. The Labute approximate surface area is 193 Å². The Bertz CT molecular complexity index is 977. The number of anilines is 3. The number of carbonyl (C=O) groups is 1. The van der Waals surface area contributed by atoms with Crippen LogP contribution < -0.4 is 16.0 Å². The lowest BCUT2D eigenvalue weighted by atomic mass is 9.96. The van der Waals surface area contributed by atoms with Gasteiger partial charge in [-0.3, -0.25) is 5.41 Å². The second-order valence-corrected chi connectivity index (χ2v) is 8.78. The first kappa shape index (κ1) is 24.2. The topological polar surface area (TPSA) is 120 Å². The molecule has 0 spiro atoms. The molecule has 178 valence electrons. The van der Waals surface area contributed by atoms with Crippen molar-refractivity contribution in [2.24, 2.45) is 17.6 Å². The molecule has 1 saturated heterocycles. The van der Waals surface area contributed by atoms with E-state index in [0.29, 0.717) is 48.7 Å². The maximum atomic E-state index is 14.3. The van der Waals surface area contributed by atoms with Crippen molar-refractivity contribution in [1.29, 1.82) is 5.41 Å². The number of nitrogens with one attached hydrogen (secondary N) is 2. The third-order valence-corrected chi connectivity index (χ3v) is 5.53. The Balaban J connectivity index is 1.54. The van der Waals surface area contributed by atoms with Gasteiger partial charge in [0, 0.05) is 38.3 Å². The number of amides is 1. The lowest BCUT2D eigenvalue weighted by molar-refractivity contribution is 0.0795. The summed E-state index contributed by atoms with van der Waals surface area (Å²) in [5.41, 5.74) is 5.97. The number of halogens is 1. The van der Waals surface area contributed by atoms with Gasteiger partial charge in [0.25, 0.3) is 0 Å². The fraction of sp³-hybridized carbons (Fsp3) is 0.478. The second kappa shape index (κ2) is 10.9. The average molecular weight is 458 g/mol. The molecular weight excluding hydrogens is 425 g/mol. The van der Waals surface area contributed by atoms with Crippen molar-refractivity contribution < 1.29 is 13.9 Å². The number of amidine groups is 1. The monoisotopic (exact) mass is 457 g/mol. The van der Waals surface area contributed by atoms with Gasteiger partial charge in [-0.2, -0.15) is 0 Å². The van der Waals surface area contributed by atoms with E-state index in [0.717, 1.165) is 19.4 Å². The molecule has 1 aromatic heterocycles. The Morgan fingerprint density at radius 1 is 1.33 bits per heavy atom. The minimum absolute atomic E-state index is 0.190. The van der Waals surface area contributed by atoms with Crippen molar-refractivity contribution >= 4 is 29.3 Å². The normalized spacial score (nSPS) is 14.3. The summed E-state index contributed by atoms with van der Waals surface area (Å²) < 4.78 is 19.7. The van der Waals surface area contributed by atoms with Gasteiger partial charge in [0.15, 0.2) is 0 Å². The Morgan fingerprint density at radius 2 is 2.06 bits per heavy atom. The summed E-state index contributed by atoms with van der Waals surface area (Å²) in [6.07, 6.45) is 2.99. The highest BCUT2D eigenvalue weighted by atomic mass is 19.1. The molecule has 2 heterocycles. The maximum absolute atomic E-state index is 14.3. The van der Waals surface area contributed by atoms with E-state index >= 15 is 0 Å². The molecule has 0 unspecified atom stereocenters. The molecule has 1 aliphatic heterocycles. The van der Waals surface area contributed by atoms with Crippen LogP contribution in [-0.4, -0.2) is 60.1 Å². The van der Waals surface area contributed by atoms with Crippen LogP contribution >= 0.6 is 0 Å². The zero-order chi connectivity index (χ0) is 24.0. The standard InChI is InChI=1S/C23H32FN7O2/c1-15(2)13-33-23(32)31-8-6-16(7-9-31)12-30(3)21-11-20(27-14-28-21)29-19-5-4-17(22(25)26)10-18(19)24/h4-5,10-11,14-16H,6-9,12-13H2,1-3H3,(H3,25,26)(H,27,28,29). The van der Waals surface area contributed by atoms with E-state index in [-0.39, 0.29) is 17.6 Å². The number of nitrogens with zero attached hydrogens (tertiary/aromatic N) is 4. The van der Waals surface area contributed by atoms with E-state index in [1.165, 1.54) is 18.5 Å². The molecule has 0 saturated carbocycles. The lowest BCUT2D eigenvalue weighted by Crippen LogP contribution is -2.41. The molecule has 1 fully saturated rings. The van der Waals surface area contributed by atoms with Crippen LogP contribution in [0.15, 0.2) is 30.6 Å².